The maximum absolute atomic E-state index is 14.0. The van der Waals surface area contributed by atoms with Crippen LogP contribution in [-0.2, 0) is 10.3 Å². The first-order chi connectivity index (χ1) is 11.0. The summed E-state index contributed by atoms with van der Waals surface area (Å²) in [4.78, 5) is 24.6. The number of hydrogen-bond donors (Lipinski definition) is 0. The molecule has 4 rings (SSSR count). The highest BCUT2D eigenvalue weighted by atomic mass is 19.2. The monoisotopic (exact) mass is 321 g/mol. The van der Waals surface area contributed by atoms with Crippen LogP contribution >= 0.6 is 0 Å². The first-order valence-electron chi connectivity index (χ1n) is 7.36. The number of benzene rings is 1. The highest BCUT2D eigenvalue weighted by molar-refractivity contribution is 5.95. The van der Waals surface area contributed by atoms with Gasteiger partial charge in [0.05, 0.1) is 23.0 Å². The normalized spacial score (nSPS) is 17.2. The highest BCUT2D eigenvalue weighted by Crippen LogP contribution is 2.50. The molecule has 1 spiro atoms. The van der Waals surface area contributed by atoms with Gasteiger partial charge in [-0.1, -0.05) is 0 Å². The van der Waals surface area contributed by atoms with Crippen molar-refractivity contribution in [2.24, 2.45) is 0 Å². The van der Waals surface area contributed by atoms with E-state index in [1.54, 1.807) is 11.5 Å². The van der Waals surface area contributed by atoms with Crippen LogP contribution in [0.2, 0.25) is 0 Å². The number of fused-ring (bicyclic) bond motifs is 1. The van der Waals surface area contributed by atoms with Gasteiger partial charge in [-0.05, 0) is 25.8 Å². The van der Waals surface area contributed by atoms with Crippen LogP contribution in [0.1, 0.15) is 30.1 Å². The molecule has 23 heavy (non-hydrogen) atoms. The second kappa shape index (κ2) is 4.53. The fourth-order valence-corrected chi connectivity index (χ4v) is 3.07. The molecule has 0 radical (unpaired) electrons. The second-order valence-corrected chi connectivity index (χ2v) is 5.87. The number of ether oxygens (including phenoxy) is 2. The number of aromatic nitrogens is 1. The van der Waals surface area contributed by atoms with Gasteiger partial charge in [0.1, 0.15) is 12.2 Å². The molecule has 1 aromatic heterocycles. The Kier molecular flexibility index (Phi) is 2.79. The smallest absolute Gasteiger partial charge is 0.343 e. The van der Waals surface area contributed by atoms with E-state index in [1.165, 1.54) is 6.20 Å². The number of carbonyl (C=O) groups excluding carboxylic acids is 1. The second-order valence-electron chi connectivity index (χ2n) is 5.87. The van der Waals surface area contributed by atoms with Gasteiger partial charge in [0.25, 0.3) is 0 Å². The van der Waals surface area contributed by atoms with Crippen molar-refractivity contribution in [3.8, 4) is 5.75 Å². The summed E-state index contributed by atoms with van der Waals surface area (Å²) in [6.45, 7) is 1.93. The van der Waals surface area contributed by atoms with Crippen molar-refractivity contribution in [2.45, 2.75) is 25.3 Å². The van der Waals surface area contributed by atoms with Gasteiger partial charge >= 0.3 is 5.97 Å². The van der Waals surface area contributed by atoms with Gasteiger partial charge in [-0.25, -0.2) is 9.18 Å². The molecule has 0 amide bonds. The molecule has 120 valence electrons. The third-order valence-corrected chi connectivity index (χ3v) is 4.46. The molecule has 7 heteroatoms. The van der Waals surface area contributed by atoms with Crippen LogP contribution in [0.3, 0.4) is 0 Å². The Labute approximate surface area is 129 Å². The van der Waals surface area contributed by atoms with E-state index < -0.39 is 28.6 Å². The lowest BCUT2D eigenvalue weighted by Gasteiger charge is -2.29. The standard InChI is InChI=1S/C16H13F2NO4/c1-2-22-15(21)9-6-19-12-8(13(9)20)5-10(17)11(18)14(12)23-7-16(19)3-4-16/h5-6H,2-4,7H2,1H3. The molecule has 1 aliphatic heterocycles. The molecule has 0 atom stereocenters. The largest absolute Gasteiger partial charge is 0.486 e. The summed E-state index contributed by atoms with van der Waals surface area (Å²) in [6, 6.07) is 0.820. The lowest BCUT2D eigenvalue weighted by Crippen LogP contribution is -2.34. The summed E-state index contributed by atoms with van der Waals surface area (Å²) in [6.07, 6.45) is 2.95. The van der Waals surface area contributed by atoms with E-state index in [9.17, 15) is 18.4 Å². The maximum atomic E-state index is 14.0. The molecule has 2 aromatic rings. The fourth-order valence-electron chi connectivity index (χ4n) is 3.07. The highest BCUT2D eigenvalue weighted by Gasteiger charge is 2.49. The molecule has 1 saturated carbocycles. The molecule has 2 aliphatic rings. The minimum absolute atomic E-state index is 0.0737. The van der Waals surface area contributed by atoms with Crippen LogP contribution < -0.4 is 10.2 Å². The van der Waals surface area contributed by atoms with Gasteiger partial charge in [-0.2, -0.15) is 4.39 Å². The van der Waals surface area contributed by atoms with E-state index in [1.807, 2.05) is 0 Å². The first-order valence-corrected chi connectivity index (χ1v) is 7.36. The average Bonchev–Trinajstić information content (AvgIpc) is 3.29. The molecule has 0 unspecified atom stereocenters. The van der Waals surface area contributed by atoms with Crippen molar-refractivity contribution in [1.29, 1.82) is 0 Å². The van der Waals surface area contributed by atoms with Crippen molar-refractivity contribution < 1.29 is 23.0 Å². The van der Waals surface area contributed by atoms with Crippen LogP contribution in [0, 0.1) is 11.6 Å². The molecule has 0 bridgehead atoms. The lowest BCUT2D eigenvalue weighted by atomic mass is 10.1. The zero-order valence-electron chi connectivity index (χ0n) is 12.3. The topological polar surface area (TPSA) is 57.5 Å². The first kappa shape index (κ1) is 14.2. The number of carbonyl (C=O) groups is 1. The molecule has 0 N–H and O–H groups in total. The molecular weight excluding hydrogens is 308 g/mol. The number of esters is 1. The van der Waals surface area contributed by atoms with E-state index in [0.717, 1.165) is 18.9 Å². The Morgan fingerprint density at radius 3 is 2.83 bits per heavy atom. The molecule has 1 fully saturated rings. The van der Waals surface area contributed by atoms with Gasteiger partial charge in [-0.3, -0.25) is 4.79 Å². The van der Waals surface area contributed by atoms with E-state index >= 15 is 0 Å². The SMILES string of the molecule is CCOC(=O)c1cn2c3c(c(F)c(F)cc3c1=O)OCC21CC1. The van der Waals surface area contributed by atoms with E-state index in [4.69, 9.17) is 9.47 Å². The Balaban J connectivity index is 2.11. The van der Waals surface area contributed by atoms with Crippen molar-refractivity contribution in [1.82, 2.24) is 4.57 Å². The fraction of sp³-hybridized carbons (Fsp3) is 0.375. The van der Waals surface area contributed by atoms with E-state index in [2.05, 4.69) is 0 Å². The van der Waals surface area contributed by atoms with Crippen molar-refractivity contribution in [2.75, 3.05) is 13.2 Å². The number of hydrogen-bond acceptors (Lipinski definition) is 4. The van der Waals surface area contributed by atoms with Crippen LogP contribution in [-0.4, -0.2) is 23.8 Å². The van der Waals surface area contributed by atoms with Crippen molar-refractivity contribution >= 4 is 16.9 Å². The molecular formula is C16H13F2NO4. The van der Waals surface area contributed by atoms with Gasteiger partial charge in [0, 0.05) is 6.20 Å². The van der Waals surface area contributed by atoms with Gasteiger partial charge in [0.15, 0.2) is 11.6 Å². The van der Waals surface area contributed by atoms with Crippen molar-refractivity contribution in [3.63, 3.8) is 0 Å². The Morgan fingerprint density at radius 1 is 1.43 bits per heavy atom. The minimum atomic E-state index is -1.18. The summed E-state index contributed by atoms with van der Waals surface area (Å²) >= 11 is 0. The van der Waals surface area contributed by atoms with Crippen LogP contribution in [0.4, 0.5) is 8.78 Å². The number of pyridine rings is 1. The molecule has 2 heterocycles. The number of halogens is 2. The van der Waals surface area contributed by atoms with Crippen molar-refractivity contribution in [3.05, 3.63) is 39.7 Å². The minimum Gasteiger partial charge on any atom is -0.486 e. The summed E-state index contributed by atoms with van der Waals surface area (Å²) in [7, 11) is 0. The summed E-state index contributed by atoms with van der Waals surface area (Å²) in [5.74, 6) is -3.34. The zero-order chi connectivity index (χ0) is 16.4. The average molecular weight is 321 g/mol. The Morgan fingerprint density at radius 2 is 2.17 bits per heavy atom. The third-order valence-electron chi connectivity index (χ3n) is 4.46. The summed E-state index contributed by atoms with van der Waals surface area (Å²) in [5.41, 5.74) is -1.06. The van der Waals surface area contributed by atoms with Crippen LogP contribution in [0.5, 0.6) is 5.75 Å². The lowest BCUT2D eigenvalue weighted by molar-refractivity contribution is 0.0523. The third kappa shape index (κ3) is 1.82. The van der Waals surface area contributed by atoms with Gasteiger partial charge < -0.3 is 14.0 Å². The molecule has 1 aliphatic carbocycles. The predicted molar refractivity (Wildman–Crippen MR) is 76.8 cm³/mol. The van der Waals surface area contributed by atoms with Crippen LogP contribution in [0.15, 0.2) is 17.1 Å². The molecule has 5 nitrogen and oxygen atoms in total. The molecule has 0 saturated heterocycles. The van der Waals surface area contributed by atoms with Gasteiger partial charge in [0.2, 0.25) is 11.2 Å². The number of rotatable bonds is 2. The summed E-state index contributed by atoms with van der Waals surface area (Å²) in [5, 5.41) is -0.0737. The van der Waals surface area contributed by atoms with Crippen LogP contribution in [0.25, 0.3) is 10.9 Å². The van der Waals surface area contributed by atoms with E-state index in [-0.39, 0.29) is 35.4 Å². The Hall–Kier alpha value is -2.44. The number of nitrogens with zero attached hydrogens (tertiary/aromatic N) is 1. The zero-order valence-corrected chi connectivity index (χ0v) is 12.3. The maximum Gasteiger partial charge on any atom is 0.343 e. The Bertz CT molecular complexity index is 915. The van der Waals surface area contributed by atoms with Gasteiger partial charge in [-0.15, -0.1) is 0 Å². The molecule has 1 aromatic carbocycles. The quantitative estimate of drug-likeness (QED) is 0.797. The predicted octanol–water partition coefficient (Wildman–Crippen LogP) is 2.34. The van der Waals surface area contributed by atoms with E-state index in [0.29, 0.717) is 0 Å². The summed E-state index contributed by atoms with van der Waals surface area (Å²) < 4.78 is 39.8.